The summed E-state index contributed by atoms with van der Waals surface area (Å²) < 4.78 is 28.8. The highest BCUT2D eigenvalue weighted by Crippen LogP contribution is 2.34. The zero-order valence-electron chi connectivity index (χ0n) is 9.60. The van der Waals surface area contributed by atoms with Gasteiger partial charge >= 0.3 is 0 Å². The molecular formula is C12H12ClNO3S. The minimum absolute atomic E-state index is 0.135. The first-order valence-corrected chi connectivity index (χ1v) is 7.37. The monoisotopic (exact) mass is 285 g/mol. The molecule has 0 saturated carbocycles. The molecule has 1 aliphatic heterocycles. The summed E-state index contributed by atoms with van der Waals surface area (Å²) in [6, 6.07) is 7.87. The maximum Gasteiger partial charge on any atom is 0.197 e. The molecule has 1 aromatic carbocycles. The van der Waals surface area contributed by atoms with Crippen molar-refractivity contribution in [3.8, 4) is 6.07 Å². The number of nitrogens with zero attached hydrogens (tertiary/aromatic N) is 1. The maximum atomic E-state index is 12.5. The van der Waals surface area contributed by atoms with Crippen LogP contribution in [0.3, 0.4) is 0 Å². The average molecular weight is 286 g/mol. The Morgan fingerprint density at radius 2 is 1.78 bits per heavy atom. The summed E-state index contributed by atoms with van der Waals surface area (Å²) in [6.07, 6.45) is 0.406. The van der Waals surface area contributed by atoms with Gasteiger partial charge in [-0.1, -0.05) is 11.6 Å². The zero-order valence-corrected chi connectivity index (χ0v) is 11.2. The molecule has 1 aromatic rings. The maximum absolute atomic E-state index is 12.5. The van der Waals surface area contributed by atoms with Crippen LogP contribution in [0.15, 0.2) is 29.2 Å². The molecule has 0 spiro atoms. The van der Waals surface area contributed by atoms with Crippen molar-refractivity contribution in [2.45, 2.75) is 22.5 Å². The van der Waals surface area contributed by atoms with Gasteiger partial charge < -0.3 is 4.74 Å². The van der Waals surface area contributed by atoms with Gasteiger partial charge in [-0.3, -0.25) is 0 Å². The lowest BCUT2D eigenvalue weighted by Crippen LogP contribution is -2.42. The van der Waals surface area contributed by atoms with E-state index in [9.17, 15) is 13.7 Å². The van der Waals surface area contributed by atoms with Crippen LogP contribution in [0.25, 0.3) is 0 Å². The van der Waals surface area contributed by atoms with Crippen LogP contribution in [-0.4, -0.2) is 26.4 Å². The number of nitriles is 1. The van der Waals surface area contributed by atoms with Gasteiger partial charge in [-0.25, -0.2) is 8.42 Å². The van der Waals surface area contributed by atoms with E-state index in [-0.39, 0.29) is 17.7 Å². The highest BCUT2D eigenvalue weighted by atomic mass is 35.5. The minimum atomic E-state index is -3.69. The molecule has 1 heterocycles. The van der Waals surface area contributed by atoms with Crippen LogP contribution in [0.1, 0.15) is 12.8 Å². The van der Waals surface area contributed by atoms with E-state index in [0.29, 0.717) is 18.2 Å². The molecule has 0 bridgehead atoms. The van der Waals surface area contributed by atoms with Gasteiger partial charge in [0.25, 0.3) is 0 Å². The predicted octanol–water partition coefficient (Wildman–Crippen LogP) is 2.19. The average Bonchev–Trinajstić information content (AvgIpc) is 2.40. The number of hydrogen-bond donors (Lipinski definition) is 0. The summed E-state index contributed by atoms with van der Waals surface area (Å²) in [5.74, 6) is 0. The SMILES string of the molecule is N#CC1(S(=O)(=O)c2ccc(Cl)cc2)CCOCC1. The van der Waals surface area contributed by atoms with Gasteiger partial charge in [0.05, 0.1) is 11.0 Å². The van der Waals surface area contributed by atoms with Gasteiger partial charge in [-0.15, -0.1) is 0 Å². The lowest BCUT2D eigenvalue weighted by atomic mass is 10.0. The summed E-state index contributed by atoms with van der Waals surface area (Å²) in [5.41, 5.74) is 0. The number of hydrogen-bond acceptors (Lipinski definition) is 4. The summed E-state index contributed by atoms with van der Waals surface area (Å²) >= 11 is 5.74. The molecule has 1 fully saturated rings. The van der Waals surface area contributed by atoms with Crippen LogP contribution >= 0.6 is 11.6 Å². The largest absolute Gasteiger partial charge is 0.381 e. The molecule has 4 nitrogen and oxygen atoms in total. The second-order valence-electron chi connectivity index (χ2n) is 4.18. The topological polar surface area (TPSA) is 67.2 Å². The Balaban J connectivity index is 2.47. The van der Waals surface area contributed by atoms with Crippen molar-refractivity contribution >= 4 is 21.4 Å². The lowest BCUT2D eigenvalue weighted by molar-refractivity contribution is 0.0863. The molecule has 0 aliphatic carbocycles. The van der Waals surface area contributed by atoms with Crippen LogP contribution in [0, 0.1) is 11.3 Å². The van der Waals surface area contributed by atoms with E-state index in [2.05, 4.69) is 0 Å². The Morgan fingerprint density at radius 3 is 2.28 bits per heavy atom. The van der Waals surface area contributed by atoms with E-state index >= 15 is 0 Å². The Hall–Kier alpha value is -1.09. The molecule has 18 heavy (non-hydrogen) atoms. The van der Waals surface area contributed by atoms with Crippen LogP contribution < -0.4 is 0 Å². The molecule has 6 heteroatoms. The molecular weight excluding hydrogens is 274 g/mol. The minimum Gasteiger partial charge on any atom is -0.381 e. The summed E-state index contributed by atoms with van der Waals surface area (Å²) in [5, 5.41) is 9.75. The van der Waals surface area contributed by atoms with E-state index in [1.807, 2.05) is 6.07 Å². The fourth-order valence-electron chi connectivity index (χ4n) is 1.98. The van der Waals surface area contributed by atoms with Gasteiger partial charge in [0.15, 0.2) is 14.6 Å². The van der Waals surface area contributed by atoms with Crippen molar-refractivity contribution in [1.82, 2.24) is 0 Å². The molecule has 1 aliphatic rings. The van der Waals surface area contributed by atoms with Gasteiger partial charge in [0, 0.05) is 31.1 Å². The number of rotatable bonds is 2. The van der Waals surface area contributed by atoms with Crippen molar-refractivity contribution in [3.63, 3.8) is 0 Å². The molecule has 0 aromatic heterocycles. The van der Waals surface area contributed by atoms with Crippen molar-refractivity contribution in [3.05, 3.63) is 29.3 Å². The van der Waals surface area contributed by atoms with E-state index in [4.69, 9.17) is 16.3 Å². The van der Waals surface area contributed by atoms with Crippen molar-refractivity contribution in [2.24, 2.45) is 0 Å². The first kappa shape index (κ1) is 13.3. The third-order valence-electron chi connectivity index (χ3n) is 3.14. The molecule has 0 N–H and O–H groups in total. The van der Waals surface area contributed by atoms with Gasteiger partial charge in [-0.05, 0) is 24.3 Å². The van der Waals surface area contributed by atoms with E-state index in [1.165, 1.54) is 24.3 Å². The van der Waals surface area contributed by atoms with Crippen molar-refractivity contribution < 1.29 is 13.2 Å². The number of halogens is 1. The van der Waals surface area contributed by atoms with E-state index < -0.39 is 14.6 Å². The highest BCUT2D eigenvalue weighted by molar-refractivity contribution is 7.93. The molecule has 0 amide bonds. The smallest absolute Gasteiger partial charge is 0.197 e. The predicted molar refractivity (Wildman–Crippen MR) is 67.0 cm³/mol. The summed E-state index contributed by atoms with van der Waals surface area (Å²) in [6.45, 7) is 0.584. The standard InChI is InChI=1S/C12H12ClNO3S/c13-10-1-3-11(4-2-10)18(15,16)12(9-14)5-7-17-8-6-12/h1-4H,5-8H2. The van der Waals surface area contributed by atoms with Crippen LogP contribution in [0.4, 0.5) is 0 Å². The van der Waals surface area contributed by atoms with Crippen LogP contribution in [-0.2, 0) is 14.6 Å². The Labute approximate surface area is 111 Å². The Kier molecular flexibility index (Phi) is 3.62. The quantitative estimate of drug-likeness (QED) is 0.835. The van der Waals surface area contributed by atoms with E-state index in [0.717, 1.165) is 0 Å². The number of sulfone groups is 1. The normalized spacial score (nSPS) is 19.1. The third kappa shape index (κ3) is 2.12. The van der Waals surface area contributed by atoms with Gasteiger partial charge in [0.1, 0.15) is 0 Å². The fourth-order valence-corrected chi connectivity index (χ4v) is 3.88. The number of benzene rings is 1. The molecule has 0 atom stereocenters. The zero-order chi connectivity index (χ0) is 13.2. The first-order chi connectivity index (χ1) is 8.52. The molecule has 2 rings (SSSR count). The fraction of sp³-hybridized carbons (Fsp3) is 0.417. The van der Waals surface area contributed by atoms with Crippen LogP contribution in [0.5, 0.6) is 0 Å². The molecule has 96 valence electrons. The molecule has 1 saturated heterocycles. The first-order valence-electron chi connectivity index (χ1n) is 5.51. The molecule has 0 unspecified atom stereocenters. The summed E-state index contributed by atoms with van der Waals surface area (Å²) in [4.78, 5) is 0.135. The van der Waals surface area contributed by atoms with Gasteiger partial charge in [-0.2, -0.15) is 5.26 Å². The van der Waals surface area contributed by atoms with Crippen molar-refractivity contribution in [2.75, 3.05) is 13.2 Å². The Bertz CT molecular complexity index is 568. The second-order valence-corrected chi connectivity index (χ2v) is 6.87. The van der Waals surface area contributed by atoms with Gasteiger partial charge in [0.2, 0.25) is 0 Å². The van der Waals surface area contributed by atoms with Crippen molar-refractivity contribution in [1.29, 1.82) is 5.26 Å². The number of ether oxygens (including phenoxy) is 1. The third-order valence-corrected chi connectivity index (χ3v) is 5.82. The Morgan fingerprint density at radius 1 is 1.22 bits per heavy atom. The summed E-state index contributed by atoms with van der Waals surface area (Å²) in [7, 11) is -3.69. The highest BCUT2D eigenvalue weighted by Gasteiger charge is 2.46. The second kappa shape index (κ2) is 4.88. The molecule has 0 radical (unpaired) electrons. The van der Waals surface area contributed by atoms with E-state index in [1.54, 1.807) is 0 Å². The van der Waals surface area contributed by atoms with Crippen LogP contribution in [0.2, 0.25) is 5.02 Å². The lowest BCUT2D eigenvalue weighted by Gasteiger charge is -2.30.